The first-order chi connectivity index (χ1) is 14.4. The summed E-state index contributed by atoms with van der Waals surface area (Å²) in [6.07, 6.45) is -0.0549. The van der Waals surface area contributed by atoms with Crippen molar-refractivity contribution in [2.75, 3.05) is 45.6 Å². The third kappa shape index (κ3) is 3.32. The number of hydrogen-bond acceptors (Lipinski definition) is 6. The van der Waals surface area contributed by atoms with Crippen molar-refractivity contribution in [2.24, 2.45) is 11.8 Å². The van der Waals surface area contributed by atoms with E-state index >= 15 is 0 Å². The molecule has 160 valence electrons. The number of likely N-dealkylation sites (tertiary alicyclic amines) is 2. The van der Waals surface area contributed by atoms with E-state index in [1.807, 2.05) is 11.0 Å². The lowest BCUT2D eigenvalue weighted by molar-refractivity contribution is -0.150. The molecular weight excluding hydrogens is 398 g/mol. The van der Waals surface area contributed by atoms with Crippen molar-refractivity contribution < 1.29 is 14.6 Å². The lowest BCUT2D eigenvalue weighted by atomic mass is 9.83. The van der Waals surface area contributed by atoms with Crippen LogP contribution in [0.3, 0.4) is 0 Å². The molecule has 30 heavy (non-hydrogen) atoms. The van der Waals surface area contributed by atoms with Gasteiger partial charge in [0.2, 0.25) is 5.91 Å². The van der Waals surface area contributed by atoms with E-state index in [4.69, 9.17) is 9.72 Å². The van der Waals surface area contributed by atoms with E-state index in [2.05, 4.69) is 44.0 Å². The van der Waals surface area contributed by atoms with Gasteiger partial charge < -0.3 is 19.6 Å². The smallest absolute Gasteiger partial charge is 0.233 e. The fourth-order valence-corrected chi connectivity index (χ4v) is 6.51. The number of nitrogens with zero attached hydrogens (tertiary/aromatic N) is 3. The summed E-state index contributed by atoms with van der Waals surface area (Å²) >= 11 is 1.51. The van der Waals surface area contributed by atoms with Crippen molar-refractivity contribution in [1.29, 1.82) is 0 Å². The van der Waals surface area contributed by atoms with Crippen LogP contribution in [0.4, 0.5) is 0 Å². The normalized spacial score (nSPS) is 30.8. The second-order valence-electron chi connectivity index (χ2n) is 9.23. The van der Waals surface area contributed by atoms with Crippen LogP contribution in [0.1, 0.15) is 11.1 Å². The van der Waals surface area contributed by atoms with Crippen molar-refractivity contribution in [3.05, 3.63) is 35.4 Å². The summed E-state index contributed by atoms with van der Waals surface area (Å²) in [5.41, 5.74) is 3.06. The Kier molecular flexibility index (Phi) is 5.05. The van der Waals surface area contributed by atoms with Gasteiger partial charge in [-0.1, -0.05) is 23.4 Å². The van der Waals surface area contributed by atoms with Gasteiger partial charge in [-0.15, -0.1) is 0 Å². The first-order valence-corrected chi connectivity index (χ1v) is 11.6. The molecule has 7 heteroatoms. The maximum atomic E-state index is 13.1. The molecule has 1 aromatic carbocycles. The number of benzene rings is 1. The maximum Gasteiger partial charge on any atom is 0.233 e. The molecule has 1 N–H and O–H groups in total. The number of fused-ring (bicyclic) bond motifs is 2. The van der Waals surface area contributed by atoms with Gasteiger partial charge in [-0.2, -0.15) is 0 Å². The van der Waals surface area contributed by atoms with E-state index in [1.165, 1.54) is 28.3 Å². The zero-order valence-electron chi connectivity index (χ0n) is 17.8. The molecule has 0 unspecified atom stereocenters. The molecule has 4 atom stereocenters. The van der Waals surface area contributed by atoms with E-state index in [0.717, 1.165) is 23.6 Å². The second kappa shape index (κ2) is 7.48. The fraction of sp³-hybridized carbons (Fsp3) is 0.565. The number of carbonyl (C=O) groups excluding carboxylic acids is 1. The number of hydrogen-bond donors (Lipinski definition) is 1. The minimum Gasteiger partial charge on any atom is -0.396 e. The summed E-state index contributed by atoms with van der Waals surface area (Å²) in [6, 6.07) is 8.36. The highest BCUT2D eigenvalue weighted by Gasteiger charge is 2.62. The van der Waals surface area contributed by atoms with Crippen molar-refractivity contribution in [3.63, 3.8) is 0 Å². The number of thioether (sulfide) groups is 1. The molecule has 2 aromatic rings. The maximum absolute atomic E-state index is 13.1. The van der Waals surface area contributed by atoms with Gasteiger partial charge in [0.15, 0.2) is 0 Å². The van der Waals surface area contributed by atoms with Gasteiger partial charge >= 0.3 is 0 Å². The SMILES string of the molecule is Cc1ccc2nc(SCC(=O)N3C[C@H]4O[C@@]5(CN(C)C[C@@H]5[C@@H]4CO)C3)cc(C)c2c1. The van der Waals surface area contributed by atoms with Crippen molar-refractivity contribution in [2.45, 2.75) is 30.6 Å². The highest BCUT2D eigenvalue weighted by Crippen LogP contribution is 2.48. The average molecular weight is 428 g/mol. The molecule has 3 fully saturated rings. The molecule has 6 nitrogen and oxygen atoms in total. The summed E-state index contributed by atoms with van der Waals surface area (Å²) in [7, 11) is 2.09. The van der Waals surface area contributed by atoms with E-state index in [1.54, 1.807) is 0 Å². The minimum absolute atomic E-state index is 0.0549. The predicted molar refractivity (Wildman–Crippen MR) is 118 cm³/mol. The zero-order chi connectivity index (χ0) is 21.0. The summed E-state index contributed by atoms with van der Waals surface area (Å²) in [4.78, 5) is 22.1. The first kappa shape index (κ1) is 20.2. The summed E-state index contributed by atoms with van der Waals surface area (Å²) in [5.74, 6) is 0.921. The van der Waals surface area contributed by atoms with Crippen molar-refractivity contribution in [3.8, 4) is 0 Å². The van der Waals surface area contributed by atoms with Crippen LogP contribution in [-0.4, -0.2) is 83.1 Å². The second-order valence-corrected chi connectivity index (χ2v) is 10.2. The standard InChI is InChI=1S/C23H29N3O3S/c1-14-4-5-19-16(6-14)15(2)7-21(24-19)30-11-22(28)26-9-20-17(10-27)18-8-25(3)12-23(18,13-26)29-20/h4-7,17-18,20,27H,8-13H2,1-3H3/t17-,18+,20+,23-/m0/s1. The number of pyridine rings is 1. The van der Waals surface area contributed by atoms with Gasteiger partial charge in [-0.25, -0.2) is 4.98 Å². The molecular formula is C23H29N3O3S. The van der Waals surface area contributed by atoms with E-state index in [-0.39, 0.29) is 30.1 Å². The molecule has 4 heterocycles. The van der Waals surface area contributed by atoms with Crippen molar-refractivity contribution >= 4 is 28.6 Å². The Bertz CT molecular complexity index is 999. The molecule has 3 saturated heterocycles. The molecule has 1 spiro atoms. The number of carbonyl (C=O) groups is 1. The monoisotopic (exact) mass is 427 g/mol. The molecule has 5 rings (SSSR count). The Morgan fingerprint density at radius 1 is 1.30 bits per heavy atom. The molecule has 3 aliphatic rings. The summed E-state index contributed by atoms with van der Waals surface area (Å²) < 4.78 is 6.38. The summed E-state index contributed by atoms with van der Waals surface area (Å²) in [6.45, 7) is 7.27. The first-order valence-electron chi connectivity index (χ1n) is 10.6. The fourth-order valence-electron chi connectivity index (χ4n) is 5.63. The van der Waals surface area contributed by atoms with Crippen LogP contribution in [0.15, 0.2) is 29.3 Å². The Labute approximate surface area is 181 Å². The molecule has 0 radical (unpaired) electrons. The van der Waals surface area contributed by atoms with E-state index in [9.17, 15) is 9.90 Å². The largest absolute Gasteiger partial charge is 0.396 e. The molecule has 3 aliphatic heterocycles. The number of amides is 1. The Morgan fingerprint density at radius 3 is 2.93 bits per heavy atom. The number of aliphatic hydroxyl groups is 1. The Balaban J connectivity index is 1.30. The van der Waals surface area contributed by atoms with Crippen LogP contribution in [0.2, 0.25) is 0 Å². The van der Waals surface area contributed by atoms with Gasteiger partial charge in [0.05, 0.1) is 28.9 Å². The van der Waals surface area contributed by atoms with Crippen LogP contribution < -0.4 is 0 Å². The topological polar surface area (TPSA) is 65.9 Å². The molecule has 0 saturated carbocycles. The quantitative estimate of drug-likeness (QED) is 0.754. The van der Waals surface area contributed by atoms with Gasteiger partial charge in [0, 0.05) is 43.5 Å². The lowest BCUT2D eigenvalue weighted by Gasteiger charge is -2.40. The zero-order valence-corrected chi connectivity index (χ0v) is 18.6. The van der Waals surface area contributed by atoms with E-state index < -0.39 is 0 Å². The number of aromatic nitrogens is 1. The van der Waals surface area contributed by atoms with Crippen LogP contribution in [0.5, 0.6) is 0 Å². The molecule has 1 aromatic heterocycles. The molecule has 0 aliphatic carbocycles. The molecule has 2 bridgehead atoms. The van der Waals surface area contributed by atoms with E-state index in [0.29, 0.717) is 24.8 Å². The highest BCUT2D eigenvalue weighted by molar-refractivity contribution is 7.99. The van der Waals surface area contributed by atoms with Crippen LogP contribution in [0.25, 0.3) is 10.9 Å². The Hall–Kier alpha value is -1.67. The van der Waals surface area contributed by atoms with Gasteiger partial charge in [-0.05, 0) is 44.7 Å². The minimum atomic E-state index is -0.318. The van der Waals surface area contributed by atoms with Crippen molar-refractivity contribution in [1.82, 2.24) is 14.8 Å². The Morgan fingerprint density at radius 2 is 2.13 bits per heavy atom. The predicted octanol–water partition coefficient (Wildman–Crippen LogP) is 2.09. The van der Waals surface area contributed by atoms with Crippen LogP contribution in [0, 0.1) is 25.7 Å². The van der Waals surface area contributed by atoms with Gasteiger partial charge in [0.1, 0.15) is 5.60 Å². The lowest BCUT2D eigenvalue weighted by Crippen LogP contribution is -2.56. The number of morpholine rings is 1. The number of likely N-dealkylation sites (N-methyl/N-ethyl adjacent to an activating group) is 1. The third-order valence-electron chi connectivity index (χ3n) is 7.02. The van der Waals surface area contributed by atoms with Crippen LogP contribution >= 0.6 is 11.8 Å². The average Bonchev–Trinajstić information content (AvgIpc) is 3.11. The highest BCUT2D eigenvalue weighted by atomic mass is 32.2. The number of aryl methyl sites for hydroxylation is 2. The van der Waals surface area contributed by atoms with Gasteiger partial charge in [0.25, 0.3) is 0 Å². The van der Waals surface area contributed by atoms with Gasteiger partial charge in [-0.3, -0.25) is 4.79 Å². The molecule has 1 amide bonds. The summed E-state index contributed by atoms with van der Waals surface area (Å²) in [5, 5.41) is 12.0. The number of ether oxygens (including phenoxy) is 1. The number of aliphatic hydroxyl groups excluding tert-OH is 1. The van der Waals surface area contributed by atoms with Crippen LogP contribution in [-0.2, 0) is 9.53 Å². The third-order valence-corrected chi connectivity index (χ3v) is 7.91. The number of rotatable bonds is 4.